The van der Waals surface area contributed by atoms with Crippen molar-refractivity contribution < 1.29 is 9.84 Å². The fourth-order valence-corrected chi connectivity index (χ4v) is 3.94. The molecule has 88 valence electrons. The first-order valence-electron chi connectivity index (χ1n) is 6.50. The van der Waals surface area contributed by atoms with Gasteiger partial charge >= 0.3 is 0 Å². The Morgan fingerprint density at radius 3 is 2.53 bits per heavy atom. The van der Waals surface area contributed by atoms with Crippen LogP contribution in [-0.4, -0.2) is 24.9 Å². The van der Waals surface area contributed by atoms with Crippen LogP contribution in [0.1, 0.15) is 33.1 Å². The van der Waals surface area contributed by atoms with Gasteiger partial charge in [0.15, 0.2) is 0 Å². The van der Waals surface area contributed by atoms with Crippen LogP contribution in [0, 0.1) is 29.6 Å². The average Bonchev–Trinajstić information content (AvgIpc) is 2.73. The molecule has 0 spiro atoms. The first-order valence-corrected chi connectivity index (χ1v) is 6.50. The van der Waals surface area contributed by atoms with E-state index in [0.29, 0.717) is 18.4 Å². The Morgan fingerprint density at radius 2 is 1.93 bits per heavy atom. The van der Waals surface area contributed by atoms with Crippen LogP contribution >= 0.6 is 0 Å². The van der Waals surface area contributed by atoms with Gasteiger partial charge in [0.1, 0.15) is 0 Å². The lowest BCUT2D eigenvalue weighted by Crippen LogP contribution is -2.41. The predicted octanol–water partition coefficient (Wildman–Crippen LogP) is 2.31. The zero-order chi connectivity index (χ0) is 10.8. The van der Waals surface area contributed by atoms with E-state index in [1.807, 2.05) is 0 Å². The van der Waals surface area contributed by atoms with Gasteiger partial charge in [-0.1, -0.05) is 26.7 Å². The van der Waals surface area contributed by atoms with Gasteiger partial charge in [-0.25, -0.2) is 0 Å². The number of hydrogen-bond donors (Lipinski definition) is 1. The maximum absolute atomic E-state index is 9.60. The Kier molecular flexibility index (Phi) is 3.68. The van der Waals surface area contributed by atoms with Crippen LogP contribution < -0.4 is 0 Å². The van der Waals surface area contributed by atoms with Crippen molar-refractivity contribution in [2.24, 2.45) is 29.6 Å². The van der Waals surface area contributed by atoms with E-state index in [9.17, 15) is 5.11 Å². The van der Waals surface area contributed by atoms with Gasteiger partial charge in [0.05, 0.1) is 6.61 Å². The third-order valence-electron chi connectivity index (χ3n) is 4.77. The van der Waals surface area contributed by atoms with E-state index < -0.39 is 0 Å². The summed E-state index contributed by atoms with van der Waals surface area (Å²) in [5.74, 6) is 3.41. The standard InChI is InChI=1S/C13H24O2/c1-3-9-5-10-7-15-8-13(10)12(6-14)11(9)4-2/h9-14H,3-8H2,1-2H3/t9?,10-,11?,12?,13+/m1/s1. The summed E-state index contributed by atoms with van der Waals surface area (Å²) in [5.41, 5.74) is 0. The molecule has 1 N–H and O–H groups in total. The molecule has 3 unspecified atom stereocenters. The van der Waals surface area contributed by atoms with Crippen LogP contribution in [0.15, 0.2) is 0 Å². The molecule has 1 saturated carbocycles. The van der Waals surface area contributed by atoms with Crippen molar-refractivity contribution >= 4 is 0 Å². The minimum atomic E-state index is 0.361. The fraction of sp³-hybridized carbons (Fsp3) is 1.00. The van der Waals surface area contributed by atoms with Gasteiger partial charge in [0.2, 0.25) is 0 Å². The quantitative estimate of drug-likeness (QED) is 0.778. The van der Waals surface area contributed by atoms with Crippen molar-refractivity contribution in [2.45, 2.75) is 33.1 Å². The summed E-state index contributed by atoms with van der Waals surface area (Å²) < 4.78 is 5.60. The zero-order valence-corrected chi connectivity index (χ0v) is 9.98. The van der Waals surface area contributed by atoms with Gasteiger partial charge in [-0.3, -0.25) is 0 Å². The third kappa shape index (κ3) is 1.94. The Morgan fingerprint density at radius 1 is 1.13 bits per heavy atom. The first kappa shape index (κ1) is 11.4. The number of rotatable bonds is 3. The van der Waals surface area contributed by atoms with Gasteiger partial charge in [-0.05, 0) is 36.0 Å². The lowest BCUT2D eigenvalue weighted by atomic mass is 9.62. The van der Waals surface area contributed by atoms with Gasteiger partial charge in [0, 0.05) is 13.2 Å². The van der Waals surface area contributed by atoms with Gasteiger partial charge < -0.3 is 9.84 Å². The predicted molar refractivity (Wildman–Crippen MR) is 60.6 cm³/mol. The number of fused-ring (bicyclic) bond motifs is 1. The Labute approximate surface area is 93.0 Å². The smallest absolute Gasteiger partial charge is 0.0501 e. The van der Waals surface area contributed by atoms with E-state index >= 15 is 0 Å². The van der Waals surface area contributed by atoms with E-state index in [4.69, 9.17) is 4.74 Å². The monoisotopic (exact) mass is 212 g/mol. The van der Waals surface area contributed by atoms with Crippen LogP contribution in [0.25, 0.3) is 0 Å². The lowest BCUT2D eigenvalue weighted by Gasteiger charge is -2.43. The second-order valence-electron chi connectivity index (χ2n) is 5.28. The molecular weight excluding hydrogens is 188 g/mol. The highest BCUT2D eigenvalue weighted by molar-refractivity contribution is 4.93. The Hall–Kier alpha value is -0.0800. The van der Waals surface area contributed by atoms with Crippen LogP contribution in [0.3, 0.4) is 0 Å². The second kappa shape index (κ2) is 4.84. The van der Waals surface area contributed by atoms with E-state index in [-0.39, 0.29) is 0 Å². The molecule has 1 saturated heterocycles. The van der Waals surface area contributed by atoms with Crippen molar-refractivity contribution in [3.8, 4) is 0 Å². The summed E-state index contributed by atoms with van der Waals surface area (Å²) in [6.07, 6.45) is 3.81. The molecule has 2 aliphatic rings. The summed E-state index contributed by atoms with van der Waals surface area (Å²) in [7, 11) is 0. The van der Waals surface area contributed by atoms with Crippen LogP contribution in [0.4, 0.5) is 0 Å². The summed E-state index contributed by atoms with van der Waals surface area (Å²) >= 11 is 0. The van der Waals surface area contributed by atoms with Crippen LogP contribution in [-0.2, 0) is 4.74 Å². The molecule has 1 heterocycles. The van der Waals surface area contributed by atoms with E-state index in [0.717, 1.165) is 31.0 Å². The van der Waals surface area contributed by atoms with Crippen molar-refractivity contribution in [1.82, 2.24) is 0 Å². The Bertz CT molecular complexity index is 205. The topological polar surface area (TPSA) is 29.5 Å². The summed E-state index contributed by atoms with van der Waals surface area (Å²) in [5, 5.41) is 9.60. The average molecular weight is 212 g/mol. The van der Waals surface area contributed by atoms with Crippen molar-refractivity contribution in [2.75, 3.05) is 19.8 Å². The molecule has 0 aromatic heterocycles. The highest BCUT2D eigenvalue weighted by atomic mass is 16.5. The van der Waals surface area contributed by atoms with Gasteiger partial charge in [-0.2, -0.15) is 0 Å². The number of hydrogen-bond acceptors (Lipinski definition) is 2. The second-order valence-corrected chi connectivity index (χ2v) is 5.28. The van der Waals surface area contributed by atoms with Crippen molar-refractivity contribution in [1.29, 1.82) is 0 Å². The van der Waals surface area contributed by atoms with Gasteiger partial charge in [-0.15, -0.1) is 0 Å². The molecule has 2 heteroatoms. The van der Waals surface area contributed by atoms with E-state index in [1.165, 1.54) is 19.3 Å². The third-order valence-corrected chi connectivity index (χ3v) is 4.77. The molecule has 0 amide bonds. The molecule has 0 aromatic rings. The summed E-state index contributed by atoms with van der Waals surface area (Å²) in [4.78, 5) is 0. The molecule has 1 aliphatic heterocycles. The highest BCUT2D eigenvalue weighted by Gasteiger charge is 2.45. The molecule has 5 atom stereocenters. The first-order chi connectivity index (χ1) is 7.31. The highest BCUT2D eigenvalue weighted by Crippen LogP contribution is 2.47. The van der Waals surface area contributed by atoms with E-state index in [1.54, 1.807) is 0 Å². The molecule has 2 fully saturated rings. The molecule has 0 radical (unpaired) electrons. The van der Waals surface area contributed by atoms with Crippen molar-refractivity contribution in [3.05, 3.63) is 0 Å². The zero-order valence-electron chi connectivity index (χ0n) is 9.98. The normalized spacial score (nSPS) is 45.4. The SMILES string of the molecule is CCC1C[C@@H]2COC[C@@H]2C(CO)C1CC. The largest absolute Gasteiger partial charge is 0.396 e. The molecule has 2 rings (SSSR count). The molecule has 1 aliphatic carbocycles. The minimum absolute atomic E-state index is 0.361. The van der Waals surface area contributed by atoms with Crippen LogP contribution in [0.2, 0.25) is 0 Å². The van der Waals surface area contributed by atoms with E-state index in [2.05, 4.69) is 13.8 Å². The van der Waals surface area contributed by atoms with Crippen molar-refractivity contribution in [3.63, 3.8) is 0 Å². The maximum Gasteiger partial charge on any atom is 0.0501 e. The Balaban J connectivity index is 2.13. The molecule has 15 heavy (non-hydrogen) atoms. The fourth-order valence-electron chi connectivity index (χ4n) is 3.94. The molecule has 2 nitrogen and oxygen atoms in total. The number of ether oxygens (including phenoxy) is 1. The molecular formula is C13H24O2. The lowest BCUT2D eigenvalue weighted by molar-refractivity contribution is 0.0171. The number of aliphatic hydroxyl groups is 1. The van der Waals surface area contributed by atoms with Gasteiger partial charge in [0.25, 0.3) is 0 Å². The minimum Gasteiger partial charge on any atom is -0.396 e. The number of aliphatic hydroxyl groups excluding tert-OH is 1. The summed E-state index contributed by atoms with van der Waals surface area (Å²) in [6.45, 7) is 6.75. The maximum atomic E-state index is 9.60. The molecule has 0 aromatic carbocycles. The molecule has 0 bridgehead atoms. The van der Waals surface area contributed by atoms with Crippen LogP contribution in [0.5, 0.6) is 0 Å². The summed E-state index contributed by atoms with van der Waals surface area (Å²) in [6, 6.07) is 0.